The summed E-state index contributed by atoms with van der Waals surface area (Å²) in [6.07, 6.45) is 1.20. The van der Waals surface area contributed by atoms with Crippen LogP contribution in [-0.2, 0) is 11.2 Å². The number of nitrogens with zero attached hydrogens (tertiary/aromatic N) is 2. The number of amides is 1. The lowest BCUT2D eigenvalue weighted by Gasteiger charge is -2.26. The molecule has 4 nitrogen and oxygen atoms in total. The minimum Gasteiger partial charge on any atom is -0.391 e. The summed E-state index contributed by atoms with van der Waals surface area (Å²) in [5.74, 6) is 0.0900. The molecular weight excluding hydrogens is 240 g/mol. The molecule has 1 heterocycles. The lowest BCUT2D eigenvalue weighted by molar-refractivity contribution is -0.130. The molecule has 0 bridgehead atoms. The van der Waals surface area contributed by atoms with E-state index in [-0.39, 0.29) is 18.1 Å². The molecule has 0 unspecified atom stereocenters. The van der Waals surface area contributed by atoms with Crippen molar-refractivity contribution in [2.45, 2.75) is 25.0 Å². The molecule has 4 heteroatoms. The van der Waals surface area contributed by atoms with Gasteiger partial charge in [0.05, 0.1) is 12.6 Å². The number of carbonyl (C=O) groups is 1. The van der Waals surface area contributed by atoms with E-state index in [1.807, 2.05) is 18.2 Å². The Morgan fingerprint density at radius 3 is 2.68 bits per heavy atom. The van der Waals surface area contributed by atoms with Gasteiger partial charge in [-0.1, -0.05) is 30.3 Å². The van der Waals surface area contributed by atoms with Crippen LogP contribution in [0.25, 0.3) is 0 Å². The Morgan fingerprint density at radius 1 is 1.37 bits per heavy atom. The second-order valence-electron chi connectivity index (χ2n) is 5.37. The van der Waals surface area contributed by atoms with Crippen molar-refractivity contribution in [3.8, 4) is 0 Å². The number of benzene rings is 1. The highest BCUT2D eigenvalue weighted by molar-refractivity contribution is 5.77. The van der Waals surface area contributed by atoms with Gasteiger partial charge in [0, 0.05) is 26.7 Å². The Kier molecular flexibility index (Phi) is 4.56. The molecular formula is C15H22N2O2. The minimum atomic E-state index is -0.338. The van der Waals surface area contributed by atoms with Crippen LogP contribution in [0.2, 0.25) is 0 Å². The van der Waals surface area contributed by atoms with Crippen molar-refractivity contribution in [2.24, 2.45) is 0 Å². The summed E-state index contributed by atoms with van der Waals surface area (Å²) >= 11 is 0. The van der Waals surface area contributed by atoms with Gasteiger partial charge >= 0.3 is 0 Å². The van der Waals surface area contributed by atoms with Crippen molar-refractivity contribution >= 4 is 5.91 Å². The Bertz CT molecular complexity index is 419. The van der Waals surface area contributed by atoms with E-state index in [9.17, 15) is 9.90 Å². The maximum atomic E-state index is 11.8. The van der Waals surface area contributed by atoms with Crippen LogP contribution in [-0.4, -0.2) is 60.1 Å². The molecule has 0 radical (unpaired) electrons. The van der Waals surface area contributed by atoms with E-state index in [2.05, 4.69) is 17.0 Å². The Balaban J connectivity index is 2.01. The second kappa shape index (κ2) is 6.17. The summed E-state index contributed by atoms with van der Waals surface area (Å²) in [6, 6.07) is 10.2. The van der Waals surface area contributed by atoms with Gasteiger partial charge in [0.25, 0.3) is 0 Å². The molecule has 1 aliphatic rings. The average Bonchev–Trinajstić information content (AvgIpc) is 2.72. The molecule has 0 saturated carbocycles. The van der Waals surface area contributed by atoms with Crippen LogP contribution in [0, 0.1) is 0 Å². The van der Waals surface area contributed by atoms with E-state index < -0.39 is 0 Å². The van der Waals surface area contributed by atoms with E-state index in [0.717, 1.165) is 19.4 Å². The van der Waals surface area contributed by atoms with Crippen LogP contribution in [0.15, 0.2) is 30.3 Å². The van der Waals surface area contributed by atoms with Crippen LogP contribution >= 0.6 is 0 Å². The predicted molar refractivity (Wildman–Crippen MR) is 74.8 cm³/mol. The Hall–Kier alpha value is -1.39. The second-order valence-corrected chi connectivity index (χ2v) is 5.37. The summed E-state index contributed by atoms with van der Waals surface area (Å²) in [7, 11) is 3.53. The highest BCUT2D eigenvalue weighted by atomic mass is 16.3. The number of hydrogen-bond acceptors (Lipinski definition) is 3. The molecule has 1 aliphatic heterocycles. The Labute approximate surface area is 114 Å². The average molecular weight is 262 g/mol. The first-order valence-corrected chi connectivity index (χ1v) is 6.74. The van der Waals surface area contributed by atoms with Crippen molar-refractivity contribution in [3.63, 3.8) is 0 Å². The molecule has 0 aromatic heterocycles. The monoisotopic (exact) mass is 262 g/mol. The smallest absolute Gasteiger partial charge is 0.236 e. The molecule has 1 N–H and O–H groups in total. The van der Waals surface area contributed by atoms with Gasteiger partial charge in [-0.3, -0.25) is 9.69 Å². The maximum absolute atomic E-state index is 11.8. The first-order valence-electron chi connectivity index (χ1n) is 6.74. The first kappa shape index (κ1) is 14.0. The maximum Gasteiger partial charge on any atom is 0.236 e. The lowest BCUT2D eigenvalue weighted by Crippen LogP contribution is -2.43. The van der Waals surface area contributed by atoms with Gasteiger partial charge in [0.2, 0.25) is 5.91 Å². The summed E-state index contributed by atoms with van der Waals surface area (Å²) < 4.78 is 0. The van der Waals surface area contributed by atoms with Crippen LogP contribution < -0.4 is 0 Å². The normalized spacial score (nSPS) is 23.5. The molecule has 2 atom stereocenters. The molecule has 1 fully saturated rings. The lowest BCUT2D eigenvalue weighted by atomic mass is 10.0. The topological polar surface area (TPSA) is 43.8 Å². The molecule has 1 saturated heterocycles. The standard InChI is InChI=1S/C15H22N2O2/c1-16(2)15(19)11-17-9-8-14(18)13(17)10-12-6-4-3-5-7-12/h3-7,13-14,18H,8-11H2,1-2H3/t13-,14-/m1/s1. The van der Waals surface area contributed by atoms with Crippen molar-refractivity contribution in [1.29, 1.82) is 0 Å². The molecule has 19 heavy (non-hydrogen) atoms. The summed E-state index contributed by atoms with van der Waals surface area (Å²) in [5, 5.41) is 10.1. The number of rotatable bonds is 4. The zero-order valence-electron chi connectivity index (χ0n) is 11.6. The van der Waals surface area contributed by atoms with Crippen LogP contribution in [0.4, 0.5) is 0 Å². The zero-order chi connectivity index (χ0) is 13.8. The van der Waals surface area contributed by atoms with E-state index in [1.54, 1.807) is 19.0 Å². The quantitative estimate of drug-likeness (QED) is 0.871. The van der Waals surface area contributed by atoms with Gasteiger partial charge < -0.3 is 10.0 Å². The van der Waals surface area contributed by atoms with Gasteiger partial charge in [0.1, 0.15) is 0 Å². The molecule has 0 aliphatic carbocycles. The molecule has 104 valence electrons. The van der Waals surface area contributed by atoms with E-state index >= 15 is 0 Å². The highest BCUT2D eigenvalue weighted by Crippen LogP contribution is 2.21. The van der Waals surface area contributed by atoms with Crippen molar-refractivity contribution in [2.75, 3.05) is 27.2 Å². The van der Waals surface area contributed by atoms with Gasteiger partial charge in [-0.2, -0.15) is 0 Å². The molecule has 1 aromatic rings. The van der Waals surface area contributed by atoms with Gasteiger partial charge in [-0.25, -0.2) is 0 Å². The SMILES string of the molecule is CN(C)C(=O)CN1CC[C@@H](O)[C@H]1Cc1ccccc1. The predicted octanol–water partition coefficient (Wildman–Crippen LogP) is 0.752. The van der Waals surface area contributed by atoms with Crippen LogP contribution in [0.3, 0.4) is 0 Å². The first-order chi connectivity index (χ1) is 9.08. The Morgan fingerprint density at radius 2 is 2.05 bits per heavy atom. The number of aliphatic hydroxyl groups excluding tert-OH is 1. The minimum absolute atomic E-state index is 0.0475. The van der Waals surface area contributed by atoms with E-state index in [1.165, 1.54) is 5.56 Å². The largest absolute Gasteiger partial charge is 0.391 e. The molecule has 1 amide bonds. The van der Waals surface area contributed by atoms with Crippen LogP contribution in [0.1, 0.15) is 12.0 Å². The van der Waals surface area contributed by atoms with E-state index in [4.69, 9.17) is 0 Å². The fraction of sp³-hybridized carbons (Fsp3) is 0.533. The van der Waals surface area contributed by atoms with Gasteiger partial charge in [-0.05, 0) is 18.4 Å². The van der Waals surface area contributed by atoms with Crippen LogP contribution in [0.5, 0.6) is 0 Å². The molecule has 0 spiro atoms. The number of likely N-dealkylation sites (tertiary alicyclic amines) is 1. The molecule has 1 aromatic carbocycles. The summed E-state index contributed by atoms with van der Waals surface area (Å²) in [6.45, 7) is 1.18. The number of hydrogen-bond donors (Lipinski definition) is 1. The highest BCUT2D eigenvalue weighted by Gasteiger charge is 2.33. The molecule has 2 rings (SSSR count). The third-order valence-corrected chi connectivity index (χ3v) is 3.75. The van der Waals surface area contributed by atoms with Gasteiger partial charge in [-0.15, -0.1) is 0 Å². The number of likely N-dealkylation sites (N-methyl/N-ethyl adjacent to an activating group) is 1. The summed E-state index contributed by atoms with van der Waals surface area (Å²) in [5.41, 5.74) is 1.20. The van der Waals surface area contributed by atoms with E-state index in [0.29, 0.717) is 6.54 Å². The summed E-state index contributed by atoms with van der Waals surface area (Å²) in [4.78, 5) is 15.5. The van der Waals surface area contributed by atoms with Crippen molar-refractivity contribution < 1.29 is 9.90 Å². The fourth-order valence-corrected chi connectivity index (χ4v) is 2.53. The van der Waals surface area contributed by atoms with Crippen molar-refractivity contribution in [1.82, 2.24) is 9.80 Å². The van der Waals surface area contributed by atoms with Crippen molar-refractivity contribution in [3.05, 3.63) is 35.9 Å². The third-order valence-electron chi connectivity index (χ3n) is 3.75. The number of aliphatic hydroxyl groups is 1. The fourth-order valence-electron chi connectivity index (χ4n) is 2.53. The number of carbonyl (C=O) groups excluding carboxylic acids is 1. The van der Waals surface area contributed by atoms with Gasteiger partial charge in [0.15, 0.2) is 0 Å². The third kappa shape index (κ3) is 3.55. The zero-order valence-corrected chi connectivity index (χ0v) is 11.6.